The first-order chi connectivity index (χ1) is 9.13. The van der Waals surface area contributed by atoms with Gasteiger partial charge in [0.05, 0.1) is 24.1 Å². The number of aliphatic hydroxyl groups is 2. The highest BCUT2D eigenvalue weighted by atomic mass is 16.3. The number of aliphatic hydroxyl groups excluding tert-OH is 2. The summed E-state index contributed by atoms with van der Waals surface area (Å²) in [5.41, 5.74) is 1.58. The van der Waals surface area contributed by atoms with Crippen LogP contribution in [-0.4, -0.2) is 37.4 Å². The zero-order valence-corrected chi connectivity index (χ0v) is 10.6. The van der Waals surface area contributed by atoms with Crippen molar-refractivity contribution in [3.63, 3.8) is 0 Å². The van der Waals surface area contributed by atoms with E-state index in [0.717, 1.165) is 12.0 Å². The lowest BCUT2D eigenvalue weighted by Gasteiger charge is -2.16. The minimum atomic E-state index is -0.801. The molecule has 0 amide bonds. The van der Waals surface area contributed by atoms with E-state index >= 15 is 0 Å². The maximum atomic E-state index is 11.6. The number of aromatic amines is 2. The highest BCUT2D eigenvalue weighted by Gasteiger charge is 2.42. The van der Waals surface area contributed by atoms with Crippen LogP contribution in [0.4, 0.5) is 0 Å². The molecule has 0 radical (unpaired) electrons. The van der Waals surface area contributed by atoms with Gasteiger partial charge in [-0.05, 0) is 12.3 Å². The molecule has 1 saturated carbocycles. The SMILES string of the molecule is CC[C@H]1C[C@@H](c2c[nH]c3c(=O)[nH]cnc23)[C@H](O)[C@@H]1O. The van der Waals surface area contributed by atoms with E-state index in [0.29, 0.717) is 17.5 Å². The number of rotatable bonds is 2. The van der Waals surface area contributed by atoms with Crippen LogP contribution in [0.2, 0.25) is 0 Å². The second-order valence-corrected chi connectivity index (χ2v) is 5.19. The van der Waals surface area contributed by atoms with Crippen molar-refractivity contribution in [3.8, 4) is 0 Å². The zero-order valence-electron chi connectivity index (χ0n) is 10.6. The molecule has 0 bridgehead atoms. The predicted molar refractivity (Wildman–Crippen MR) is 69.9 cm³/mol. The van der Waals surface area contributed by atoms with Gasteiger partial charge in [0, 0.05) is 17.7 Å². The molecule has 6 nitrogen and oxygen atoms in total. The lowest BCUT2D eigenvalue weighted by molar-refractivity contribution is 0.0140. The summed E-state index contributed by atoms with van der Waals surface area (Å²) in [6, 6.07) is 0. The van der Waals surface area contributed by atoms with Crippen LogP contribution in [0.1, 0.15) is 31.2 Å². The van der Waals surface area contributed by atoms with Crippen molar-refractivity contribution >= 4 is 11.0 Å². The Morgan fingerprint density at radius 1 is 1.37 bits per heavy atom. The monoisotopic (exact) mass is 263 g/mol. The van der Waals surface area contributed by atoms with Crippen molar-refractivity contribution in [3.05, 3.63) is 28.4 Å². The third-order valence-electron chi connectivity index (χ3n) is 4.22. The molecule has 102 valence electrons. The molecule has 6 heteroatoms. The molecule has 3 rings (SSSR count). The summed E-state index contributed by atoms with van der Waals surface area (Å²) in [5, 5.41) is 20.2. The largest absolute Gasteiger partial charge is 0.390 e. The highest BCUT2D eigenvalue weighted by Crippen LogP contribution is 2.41. The molecule has 19 heavy (non-hydrogen) atoms. The van der Waals surface area contributed by atoms with E-state index in [1.807, 2.05) is 6.92 Å². The van der Waals surface area contributed by atoms with Crippen LogP contribution < -0.4 is 5.56 Å². The standard InChI is InChI=1S/C13H17N3O3/c1-2-6-3-7(12(18)11(6)17)8-4-14-10-9(8)15-5-16-13(10)19/h4-7,11-12,14,17-18H,2-3H2,1H3,(H,15,16,19)/t6-,7-,11+,12-/m0/s1. The van der Waals surface area contributed by atoms with Gasteiger partial charge in [0.2, 0.25) is 0 Å². The van der Waals surface area contributed by atoms with Crippen molar-refractivity contribution in [1.29, 1.82) is 0 Å². The number of H-pyrrole nitrogens is 2. The molecular formula is C13H17N3O3. The van der Waals surface area contributed by atoms with E-state index in [1.165, 1.54) is 6.33 Å². The van der Waals surface area contributed by atoms with E-state index in [-0.39, 0.29) is 17.4 Å². The summed E-state index contributed by atoms with van der Waals surface area (Å²) < 4.78 is 0. The molecule has 0 saturated heterocycles. The molecule has 2 aromatic rings. The van der Waals surface area contributed by atoms with Gasteiger partial charge in [0.25, 0.3) is 5.56 Å². The Kier molecular flexibility index (Phi) is 2.91. The number of nitrogens with one attached hydrogen (secondary N) is 2. The van der Waals surface area contributed by atoms with Crippen LogP contribution in [-0.2, 0) is 0 Å². The van der Waals surface area contributed by atoms with E-state index < -0.39 is 12.2 Å². The first-order valence-corrected chi connectivity index (χ1v) is 6.54. The van der Waals surface area contributed by atoms with E-state index in [4.69, 9.17) is 0 Å². The zero-order chi connectivity index (χ0) is 13.6. The van der Waals surface area contributed by atoms with Crippen molar-refractivity contribution in [2.24, 2.45) is 5.92 Å². The molecule has 0 aliphatic heterocycles. The van der Waals surface area contributed by atoms with Gasteiger partial charge in [-0.1, -0.05) is 13.3 Å². The summed E-state index contributed by atoms with van der Waals surface area (Å²) in [5.74, 6) is -0.0880. The minimum Gasteiger partial charge on any atom is -0.390 e. The van der Waals surface area contributed by atoms with Crippen molar-refractivity contribution < 1.29 is 10.2 Å². The van der Waals surface area contributed by atoms with Gasteiger partial charge in [-0.3, -0.25) is 4.79 Å². The van der Waals surface area contributed by atoms with Crippen molar-refractivity contribution in [2.45, 2.75) is 37.9 Å². The smallest absolute Gasteiger partial charge is 0.275 e. The Bertz CT molecular complexity index is 648. The van der Waals surface area contributed by atoms with Crippen molar-refractivity contribution in [1.82, 2.24) is 15.0 Å². The lowest BCUT2D eigenvalue weighted by atomic mass is 9.96. The van der Waals surface area contributed by atoms with Crippen LogP contribution >= 0.6 is 0 Å². The lowest BCUT2D eigenvalue weighted by Crippen LogP contribution is -2.27. The van der Waals surface area contributed by atoms with Gasteiger partial charge in [-0.25, -0.2) is 4.98 Å². The maximum absolute atomic E-state index is 11.6. The second kappa shape index (κ2) is 4.47. The molecule has 4 N–H and O–H groups in total. The van der Waals surface area contributed by atoms with Gasteiger partial charge in [-0.2, -0.15) is 0 Å². The maximum Gasteiger partial charge on any atom is 0.275 e. The Hall–Kier alpha value is -1.66. The summed E-state index contributed by atoms with van der Waals surface area (Å²) in [6.45, 7) is 2.00. The van der Waals surface area contributed by atoms with Crippen LogP contribution in [0.25, 0.3) is 11.0 Å². The quantitative estimate of drug-likeness (QED) is 0.633. The Balaban J connectivity index is 2.06. The summed E-state index contributed by atoms with van der Waals surface area (Å²) >= 11 is 0. The molecule has 4 atom stereocenters. The van der Waals surface area contributed by atoms with Gasteiger partial charge in [0.1, 0.15) is 5.52 Å². The third kappa shape index (κ3) is 1.79. The number of aromatic nitrogens is 3. The van der Waals surface area contributed by atoms with Gasteiger partial charge >= 0.3 is 0 Å². The molecule has 1 aliphatic rings. The van der Waals surface area contributed by atoms with Crippen LogP contribution in [0.3, 0.4) is 0 Å². The van der Waals surface area contributed by atoms with Gasteiger partial charge in [-0.15, -0.1) is 0 Å². The highest BCUT2D eigenvalue weighted by molar-refractivity contribution is 5.78. The fourth-order valence-corrected chi connectivity index (χ4v) is 3.09. The molecular weight excluding hydrogens is 246 g/mol. The molecule has 0 unspecified atom stereocenters. The van der Waals surface area contributed by atoms with Gasteiger partial charge in [0.15, 0.2) is 0 Å². The fraction of sp³-hybridized carbons (Fsp3) is 0.538. The molecule has 1 aliphatic carbocycles. The van der Waals surface area contributed by atoms with Crippen LogP contribution in [0.15, 0.2) is 17.3 Å². The number of fused-ring (bicyclic) bond motifs is 1. The normalized spacial score (nSPS) is 31.1. The van der Waals surface area contributed by atoms with Gasteiger partial charge < -0.3 is 20.2 Å². The van der Waals surface area contributed by atoms with E-state index in [9.17, 15) is 15.0 Å². The first-order valence-electron chi connectivity index (χ1n) is 6.54. The predicted octanol–water partition coefficient (Wildman–Crippen LogP) is 0.486. The Labute approximate surface area is 109 Å². The van der Waals surface area contributed by atoms with Crippen LogP contribution in [0.5, 0.6) is 0 Å². The van der Waals surface area contributed by atoms with E-state index in [2.05, 4.69) is 15.0 Å². The average molecular weight is 263 g/mol. The average Bonchev–Trinajstić information content (AvgIpc) is 2.94. The summed E-state index contributed by atoms with van der Waals surface area (Å²) in [7, 11) is 0. The molecule has 0 aromatic carbocycles. The Morgan fingerprint density at radius 3 is 2.84 bits per heavy atom. The van der Waals surface area contributed by atoms with Crippen LogP contribution in [0, 0.1) is 5.92 Å². The van der Waals surface area contributed by atoms with Crippen molar-refractivity contribution in [2.75, 3.05) is 0 Å². The van der Waals surface area contributed by atoms with E-state index in [1.54, 1.807) is 6.20 Å². The summed E-state index contributed by atoms with van der Waals surface area (Å²) in [4.78, 5) is 21.2. The second-order valence-electron chi connectivity index (χ2n) is 5.19. The minimum absolute atomic E-state index is 0.0898. The third-order valence-corrected chi connectivity index (χ3v) is 4.22. The number of hydrogen-bond acceptors (Lipinski definition) is 4. The summed E-state index contributed by atoms with van der Waals surface area (Å²) in [6.07, 6.45) is 3.10. The molecule has 1 fully saturated rings. The fourth-order valence-electron chi connectivity index (χ4n) is 3.09. The Morgan fingerprint density at radius 2 is 2.16 bits per heavy atom. The molecule has 2 aromatic heterocycles. The first kappa shape index (κ1) is 12.4. The number of hydrogen-bond donors (Lipinski definition) is 4. The molecule has 0 spiro atoms. The topological polar surface area (TPSA) is 102 Å². The molecule has 2 heterocycles. The number of nitrogens with zero attached hydrogens (tertiary/aromatic N) is 1.